The van der Waals surface area contributed by atoms with E-state index in [0.29, 0.717) is 35.0 Å². The van der Waals surface area contributed by atoms with E-state index in [0.717, 1.165) is 170 Å². The quantitative estimate of drug-likeness (QED) is 0.0755. The maximum atomic E-state index is 10.5. The van der Waals surface area contributed by atoms with Crippen LogP contribution in [0.3, 0.4) is 0 Å². The molecule has 0 amide bonds. The van der Waals surface area contributed by atoms with Crippen LogP contribution in [0, 0.1) is 0 Å². The van der Waals surface area contributed by atoms with Crippen LogP contribution in [0.15, 0.2) is 342 Å². The summed E-state index contributed by atoms with van der Waals surface area (Å²) in [6.45, 7) is 27.5. The fourth-order valence-electron chi connectivity index (χ4n) is 13.7. The Morgan fingerprint density at radius 2 is 0.535 bits per heavy atom. The largest absolute Gasteiger partial charge is 0.496 e. The molecule has 6 aromatic carbocycles. The summed E-state index contributed by atoms with van der Waals surface area (Å²) in [7, 11) is -1.40. The van der Waals surface area contributed by atoms with Crippen molar-refractivity contribution in [3.63, 3.8) is 0 Å². The lowest BCUT2D eigenvalue weighted by molar-refractivity contribution is -0.0334. The minimum absolute atomic E-state index is 0.360. The van der Waals surface area contributed by atoms with Crippen LogP contribution in [0.2, 0.25) is 0 Å². The van der Waals surface area contributed by atoms with Crippen LogP contribution in [-0.4, -0.2) is 151 Å². The summed E-state index contributed by atoms with van der Waals surface area (Å²) in [5.41, 5.74) is 21.1. The van der Waals surface area contributed by atoms with E-state index in [-0.39, 0.29) is 33.6 Å². The second-order valence-corrected chi connectivity index (χ2v) is 41.0. The van der Waals surface area contributed by atoms with Crippen molar-refractivity contribution >= 4 is 200 Å². The standard InChI is InChI=1S/C29H17N5O2.C18H19BN2O3.C12H24B2O4.2C12H7BrN2O.C6H3BrClNO.C6H6BrN.C5H3Br2N.C4H8O2/c1-3-7-26-24(5-1)33-28(35-26)22-10-20(14-31-16-22)18-9-19(13-30-12-18)21-11-23(17-32-15-21)29-34-25-6-2-4-8-27(25)36-29;1-17(2)18(3,4)24-19(23-17)13-9-12(10-20-11-13)16-21-14-7-5-6-8-15(14)22-16;1-9(2)10(3,4)16-13(15-9)14-17-11(5,6)12(7,8)18-14;2*13-9-5-8(6-14-7-9)12-15-10-3-1-2-4-11(10)16-12;7-5-1-4(6(8)10)2-9-3-5;7-5-3-1-2-4-6(5)8;6-4-1-5(7)3-8-2-4;1-2-6-4-3-5-1/h1-17H;5-11H,1-4H3;1-8H3;2*1-7H;1-3H;1-4H,8H2;1-3H;1-4H2. The van der Waals surface area contributed by atoms with Crippen LogP contribution < -0.4 is 11.2 Å². The van der Waals surface area contributed by atoms with Gasteiger partial charge in [0.1, 0.15) is 27.6 Å². The molecule has 0 unspecified atom stereocenters. The molecule has 0 radical (unpaired) electrons. The van der Waals surface area contributed by atoms with Crippen LogP contribution in [-0.2, 0) is 37.4 Å². The number of hydrogen-bond acceptors (Lipinski definition) is 28. The maximum Gasteiger partial charge on any atom is 0.496 e. The smallest absolute Gasteiger partial charge is 0.436 e. The van der Waals surface area contributed by atoms with Crippen molar-refractivity contribution < 1.29 is 64.3 Å². The number of hydrogen-bond donors (Lipinski definition) is 1. The molecule has 0 bridgehead atoms. The zero-order valence-corrected chi connectivity index (χ0v) is 89.3. The predicted octanol–water partition coefficient (Wildman–Crippen LogP) is 26.5. The highest BCUT2D eigenvalue weighted by molar-refractivity contribution is 9.11. The Bertz CT molecular complexity index is 7020. The van der Waals surface area contributed by atoms with Crippen LogP contribution in [0.4, 0.5) is 5.69 Å². The summed E-state index contributed by atoms with van der Waals surface area (Å²) in [4.78, 5) is 66.4. The second kappa shape index (κ2) is 46.8. The van der Waals surface area contributed by atoms with Crippen molar-refractivity contribution in [3.8, 4) is 79.5 Å². The molecule has 38 heteroatoms. The molecule has 722 valence electrons. The predicted molar refractivity (Wildman–Crippen MR) is 574 cm³/mol. The van der Waals surface area contributed by atoms with Crippen LogP contribution >= 0.6 is 107 Å². The van der Waals surface area contributed by atoms with Gasteiger partial charge < -0.3 is 65.2 Å². The molecule has 23 rings (SSSR count). The number of aromatic nitrogens is 13. The van der Waals surface area contributed by atoms with Crippen molar-refractivity contribution in [1.82, 2.24) is 64.8 Å². The Morgan fingerprint density at radius 3 is 0.803 bits per heavy atom. The molecule has 4 aliphatic heterocycles. The fraction of sp³-hybridized carbons (Fsp3) is 0.212. The molecular weight excluding hydrogens is 2220 g/mol. The molecule has 0 aliphatic carbocycles. The number of nitrogen functional groups attached to an aromatic ring is 1. The Morgan fingerprint density at radius 1 is 0.289 bits per heavy atom. The van der Waals surface area contributed by atoms with Gasteiger partial charge in [-0.15, -0.1) is 0 Å². The second-order valence-electron chi connectivity index (χ2n) is 35.2. The number of ether oxygens (including phenoxy) is 2. The third kappa shape index (κ3) is 27.1. The third-order valence-corrected chi connectivity index (χ3v) is 26.4. The average molecular weight is 2310 g/mol. The lowest BCUT2D eigenvalue weighted by atomic mass is 9.49. The van der Waals surface area contributed by atoms with Gasteiger partial charge in [-0.05, 0) is 312 Å². The van der Waals surface area contributed by atoms with E-state index < -0.39 is 26.4 Å². The summed E-state index contributed by atoms with van der Waals surface area (Å²) in [5.74, 6) is 2.79. The van der Waals surface area contributed by atoms with Gasteiger partial charge in [0.25, 0.3) is 5.24 Å². The normalized spacial score (nSPS) is 15.3. The number of rotatable bonds is 10. The first-order valence-corrected chi connectivity index (χ1v) is 49.7. The van der Waals surface area contributed by atoms with Gasteiger partial charge in [0.05, 0.1) is 93.4 Å². The highest BCUT2D eigenvalue weighted by Gasteiger charge is 2.64. The monoisotopic (exact) mass is 2300 g/mol. The zero-order chi connectivity index (χ0) is 101. The zero-order valence-electron chi connectivity index (χ0n) is 79.0. The van der Waals surface area contributed by atoms with Crippen molar-refractivity contribution in [2.45, 2.75) is 117 Å². The summed E-state index contributed by atoms with van der Waals surface area (Å²) >= 11 is 24.9. The lowest BCUT2D eigenvalue weighted by Crippen LogP contribution is -2.41. The van der Waals surface area contributed by atoms with E-state index in [4.69, 9.17) is 76.8 Å². The van der Waals surface area contributed by atoms with E-state index in [1.807, 2.05) is 277 Å². The minimum atomic E-state index is -0.492. The number of fused-ring (bicyclic) bond motifs is 5. The first-order valence-electron chi connectivity index (χ1n) is 44.6. The minimum Gasteiger partial charge on any atom is -0.436 e. The molecule has 4 saturated heterocycles. The molecule has 4 fully saturated rings. The van der Waals surface area contributed by atoms with E-state index in [1.54, 1.807) is 86.6 Å². The highest BCUT2D eigenvalue weighted by atomic mass is 79.9. The van der Waals surface area contributed by atoms with Gasteiger partial charge in [0.15, 0.2) is 27.9 Å². The van der Waals surface area contributed by atoms with Crippen molar-refractivity contribution in [2.24, 2.45) is 0 Å². The summed E-state index contributed by atoms with van der Waals surface area (Å²) in [6, 6.07) is 61.5. The lowest BCUT2D eigenvalue weighted by Gasteiger charge is -2.32. The van der Waals surface area contributed by atoms with Gasteiger partial charge >= 0.3 is 21.1 Å². The highest BCUT2D eigenvalue weighted by Crippen LogP contribution is 2.44. The number of nitrogens with zero attached hydrogens (tertiary/aromatic N) is 13. The third-order valence-electron chi connectivity index (χ3n) is 23.3. The molecule has 19 aromatic rings. The summed E-state index contributed by atoms with van der Waals surface area (Å²) in [6.07, 6.45) is 27.6. The van der Waals surface area contributed by atoms with Gasteiger partial charge in [-0.3, -0.25) is 44.7 Å². The van der Waals surface area contributed by atoms with Crippen LogP contribution in [0.1, 0.15) is 93.4 Å². The van der Waals surface area contributed by atoms with Gasteiger partial charge in [0, 0.05) is 159 Å². The average Bonchev–Trinajstić information content (AvgIpc) is 1.59. The first-order chi connectivity index (χ1) is 68.0. The first kappa shape index (κ1) is 105. The molecular formula is C104H94B3Br6ClN14O14. The molecule has 142 heavy (non-hydrogen) atoms. The van der Waals surface area contributed by atoms with Crippen molar-refractivity contribution in [3.05, 3.63) is 326 Å². The SMILES string of the molecule is Brc1cncc(-c2nc3ccccc3o2)c1.Brc1cncc(-c2nc3ccccc3o2)c1.Brc1cncc(Br)c1.C1COCCO1.CC1(C)OB(B2OC(C)(C)C(C)(C)O2)OC1(C)C.CC1(C)OB(c2cncc(-c3nc4ccccc4o3)c2)OC1(C)C.Nc1ccccc1Br.O=C(Cl)c1cncc(Br)c1.c1ccc2oc(-c3cncc(-c4cncc(-c5cncc(-c6nc7ccccc7o6)c5)c4)c3)nc2c1. The molecule has 0 saturated carbocycles. The number of pyridine rings is 8. The molecule has 13 aromatic heterocycles. The molecule has 2 N–H and O–H groups in total. The molecule has 0 spiro atoms. The number of carbonyl (C=O) groups is 1. The molecule has 28 nitrogen and oxygen atoms in total. The number of halogens is 7. The van der Waals surface area contributed by atoms with Crippen LogP contribution in [0.5, 0.6) is 0 Å². The molecule has 0 atom stereocenters. The molecule has 4 aliphatic rings. The van der Waals surface area contributed by atoms with E-state index in [2.05, 4.69) is 166 Å². The van der Waals surface area contributed by atoms with Crippen molar-refractivity contribution in [2.75, 3.05) is 32.2 Å². The number of anilines is 1. The van der Waals surface area contributed by atoms with E-state index >= 15 is 0 Å². The number of para-hydroxylation sites is 11. The fourth-order valence-corrected chi connectivity index (χ4v) is 16.2. The number of nitrogens with two attached hydrogens (primary N) is 1. The number of benzene rings is 6. The van der Waals surface area contributed by atoms with E-state index in [1.165, 1.54) is 6.20 Å². The van der Waals surface area contributed by atoms with Gasteiger partial charge in [-0.1, -0.05) is 72.8 Å². The van der Waals surface area contributed by atoms with Gasteiger partial charge in [-0.2, -0.15) is 0 Å². The maximum absolute atomic E-state index is 10.5. The Labute approximate surface area is 875 Å². The van der Waals surface area contributed by atoms with E-state index in [9.17, 15) is 4.79 Å². The Kier molecular flexibility index (Phi) is 34.5. The summed E-state index contributed by atoms with van der Waals surface area (Å²) < 4.78 is 80.4. The van der Waals surface area contributed by atoms with Gasteiger partial charge in [-0.25, -0.2) is 24.9 Å². The van der Waals surface area contributed by atoms with Crippen molar-refractivity contribution in [1.29, 1.82) is 0 Å². The van der Waals surface area contributed by atoms with Crippen LogP contribution in [0.25, 0.3) is 135 Å². The van der Waals surface area contributed by atoms with Gasteiger partial charge in [0.2, 0.25) is 29.5 Å². The Hall–Kier alpha value is -11.6. The molecule has 17 heterocycles. The summed E-state index contributed by atoms with van der Waals surface area (Å²) in [5, 5.41) is -0.492. The Balaban J connectivity index is 0.000000127. The number of oxazole rings is 5. The number of carbonyl (C=O) groups excluding carboxylic acids is 1. The topological polar surface area (TPSA) is 350 Å².